The number of benzene rings is 2. The normalized spacial score (nSPS) is 15.1. The summed E-state index contributed by atoms with van der Waals surface area (Å²) in [7, 11) is -3.39. The van der Waals surface area contributed by atoms with Gasteiger partial charge in [-0.2, -0.15) is 4.31 Å². The molecule has 0 saturated carbocycles. The molecule has 0 spiro atoms. The van der Waals surface area contributed by atoms with Crippen molar-refractivity contribution in [3.63, 3.8) is 0 Å². The average molecular weight is 401 g/mol. The van der Waals surface area contributed by atoms with Crippen molar-refractivity contribution in [2.45, 2.75) is 38.0 Å². The van der Waals surface area contributed by atoms with E-state index < -0.39 is 10.0 Å². The standard InChI is InChI=1S/C22H28N2O3S/c1-17(2)13-14-23-22(25)20-7-5-18(6-8-20)19-9-11-21(12-10-19)28(26,27)24-15-3-4-16-24/h5-12,17H,3-4,13-16H2,1-2H3,(H,23,25). The second-order valence-corrected chi connectivity index (χ2v) is 9.59. The maximum absolute atomic E-state index is 12.6. The second-order valence-electron chi connectivity index (χ2n) is 7.65. The molecule has 0 aromatic heterocycles. The van der Waals surface area contributed by atoms with E-state index in [1.165, 1.54) is 0 Å². The fourth-order valence-electron chi connectivity index (χ4n) is 3.29. The molecule has 2 aromatic rings. The third kappa shape index (κ3) is 4.80. The summed E-state index contributed by atoms with van der Waals surface area (Å²) >= 11 is 0. The maximum Gasteiger partial charge on any atom is 0.251 e. The Bertz CT molecular complexity index is 898. The summed E-state index contributed by atoms with van der Waals surface area (Å²) in [5.41, 5.74) is 2.50. The molecular weight excluding hydrogens is 372 g/mol. The van der Waals surface area contributed by atoms with Crippen molar-refractivity contribution in [3.8, 4) is 11.1 Å². The van der Waals surface area contributed by atoms with Gasteiger partial charge in [0, 0.05) is 25.2 Å². The number of hydrogen-bond donors (Lipinski definition) is 1. The van der Waals surface area contributed by atoms with Crippen LogP contribution in [-0.2, 0) is 10.0 Å². The van der Waals surface area contributed by atoms with Crippen LogP contribution < -0.4 is 5.32 Å². The number of nitrogens with zero attached hydrogens (tertiary/aromatic N) is 1. The van der Waals surface area contributed by atoms with Crippen LogP contribution in [0.15, 0.2) is 53.4 Å². The molecule has 3 rings (SSSR count). The molecule has 1 fully saturated rings. The summed E-state index contributed by atoms with van der Waals surface area (Å²) in [5, 5.41) is 2.93. The molecular formula is C22H28N2O3S. The smallest absolute Gasteiger partial charge is 0.251 e. The predicted molar refractivity (Wildman–Crippen MR) is 112 cm³/mol. The van der Waals surface area contributed by atoms with E-state index in [4.69, 9.17) is 0 Å². The molecule has 2 aromatic carbocycles. The van der Waals surface area contributed by atoms with Gasteiger partial charge in [0.25, 0.3) is 5.91 Å². The maximum atomic E-state index is 12.6. The fraction of sp³-hybridized carbons (Fsp3) is 0.409. The van der Waals surface area contributed by atoms with Crippen molar-refractivity contribution < 1.29 is 13.2 Å². The van der Waals surface area contributed by atoms with Crippen LogP contribution in [-0.4, -0.2) is 38.3 Å². The average Bonchev–Trinajstić information content (AvgIpc) is 3.23. The number of hydrogen-bond acceptors (Lipinski definition) is 3. The SMILES string of the molecule is CC(C)CCNC(=O)c1ccc(-c2ccc(S(=O)(=O)N3CCCC3)cc2)cc1. The van der Waals surface area contributed by atoms with Gasteiger partial charge in [0.15, 0.2) is 0 Å². The zero-order valence-corrected chi connectivity index (χ0v) is 17.3. The lowest BCUT2D eigenvalue weighted by Crippen LogP contribution is -2.27. The van der Waals surface area contributed by atoms with Crippen molar-refractivity contribution in [1.82, 2.24) is 9.62 Å². The van der Waals surface area contributed by atoms with Crippen molar-refractivity contribution >= 4 is 15.9 Å². The molecule has 1 amide bonds. The van der Waals surface area contributed by atoms with E-state index >= 15 is 0 Å². The van der Waals surface area contributed by atoms with Gasteiger partial charge in [-0.25, -0.2) is 8.42 Å². The van der Waals surface area contributed by atoms with Crippen molar-refractivity contribution in [2.24, 2.45) is 5.92 Å². The molecule has 6 heteroatoms. The Balaban J connectivity index is 1.68. The van der Waals surface area contributed by atoms with Crippen molar-refractivity contribution in [1.29, 1.82) is 0 Å². The Kier molecular flexibility index (Phi) is 6.52. The highest BCUT2D eigenvalue weighted by Gasteiger charge is 2.26. The highest BCUT2D eigenvalue weighted by molar-refractivity contribution is 7.89. The molecule has 28 heavy (non-hydrogen) atoms. The Morgan fingerprint density at radius 2 is 1.50 bits per heavy atom. The molecule has 0 atom stereocenters. The molecule has 0 radical (unpaired) electrons. The number of amides is 1. The van der Waals surface area contributed by atoms with Gasteiger partial charge in [-0.1, -0.05) is 38.1 Å². The molecule has 150 valence electrons. The summed E-state index contributed by atoms with van der Waals surface area (Å²) in [6, 6.07) is 14.3. The van der Waals surface area contributed by atoms with E-state index in [1.807, 2.05) is 24.3 Å². The topological polar surface area (TPSA) is 66.5 Å². The Morgan fingerprint density at radius 3 is 2.04 bits per heavy atom. The summed E-state index contributed by atoms with van der Waals surface area (Å²) in [6.07, 6.45) is 2.81. The van der Waals surface area contributed by atoms with Gasteiger partial charge in [-0.3, -0.25) is 4.79 Å². The Labute approximate surface area is 167 Å². The highest BCUT2D eigenvalue weighted by Crippen LogP contribution is 2.25. The lowest BCUT2D eigenvalue weighted by Gasteiger charge is -2.15. The predicted octanol–water partition coefficient (Wildman–Crippen LogP) is 3.91. The fourth-order valence-corrected chi connectivity index (χ4v) is 4.80. The van der Waals surface area contributed by atoms with Crippen molar-refractivity contribution in [2.75, 3.05) is 19.6 Å². The summed E-state index contributed by atoms with van der Waals surface area (Å²) < 4.78 is 26.8. The van der Waals surface area contributed by atoms with Gasteiger partial charge < -0.3 is 5.32 Å². The second kappa shape index (κ2) is 8.88. The lowest BCUT2D eigenvalue weighted by molar-refractivity contribution is 0.0952. The lowest BCUT2D eigenvalue weighted by atomic mass is 10.0. The first-order valence-corrected chi connectivity index (χ1v) is 11.3. The quantitative estimate of drug-likeness (QED) is 0.766. The third-order valence-electron chi connectivity index (χ3n) is 5.04. The Hall–Kier alpha value is -2.18. The van der Waals surface area contributed by atoms with Crippen LogP contribution >= 0.6 is 0 Å². The van der Waals surface area contributed by atoms with Gasteiger partial charge in [0.05, 0.1) is 4.90 Å². The number of nitrogens with one attached hydrogen (secondary N) is 1. The first kappa shape index (κ1) is 20.6. The molecule has 1 saturated heterocycles. The zero-order valence-electron chi connectivity index (χ0n) is 16.5. The molecule has 0 aliphatic carbocycles. The molecule has 5 nitrogen and oxygen atoms in total. The minimum atomic E-state index is -3.39. The molecule has 1 aliphatic heterocycles. The minimum absolute atomic E-state index is 0.0701. The van der Waals surface area contributed by atoms with Gasteiger partial charge >= 0.3 is 0 Å². The number of carbonyl (C=O) groups is 1. The monoisotopic (exact) mass is 400 g/mol. The summed E-state index contributed by atoms with van der Waals surface area (Å²) in [5.74, 6) is 0.485. The highest BCUT2D eigenvalue weighted by atomic mass is 32.2. The first-order valence-electron chi connectivity index (χ1n) is 9.87. The van der Waals surface area contributed by atoms with Crippen LogP contribution in [0.5, 0.6) is 0 Å². The summed E-state index contributed by atoms with van der Waals surface area (Å²) in [6.45, 7) is 6.13. The van der Waals surface area contributed by atoms with Crippen LogP contribution in [0.4, 0.5) is 0 Å². The van der Waals surface area contributed by atoms with Crippen LogP contribution in [0, 0.1) is 5.92 Å². The van der Waals surface area contributed by atoms with E-state index in [0.29, 0.717) is 36.0 Å². The van der Waals surface area contributed by atoms with Crippen LogP contribution in [0.3, 0.4) is 0 Å². The molecule has 0 bridgehead atoms. The van der Waals surface area contributed by atoms with Gasteiger partial charge in [-0.05, 0) is 60.6 Å². The molecule has 1 N–H and O–H groups in total. The van der Waals surface area contributed by atoms with Crippen LogP contribution in [0.25, 0.3) is 11.1 Å². The van der Waals surface area contributed by atoms with Crippen molar-refractivity contribution in [3.05, 3.63) is 54.1 Å². The van der Waals surface area contributed by atoms with E-state index in [0.717, 1.165) is 30.4 Å². The summed E-state index contributed by atoms with van der Waals surface area (Å²) in [4.78, 5) is 12.5. The first-order chi connectivity index (χ1) is 13.4. The van der Waals surface area contributed by atoms with E-state index in [9.17, 15) is 13.2 Å². The van der Waals surface area contributed by atoms with Crippen LogP contribution in [0.2, 0.25) is 0 Å². The molecule has 1 heterocycles. The Morgan fingerprint density at radius 1 is 0.964 bits per heavy atom. The van der Waals surface area contributed by atoms with Gasteiger partial charge in [-0.15, -0.1) is 0 Å². The number of rotatable bonds is 7. The minimum Gasteiger partial charge on any atom is -0.352 e. The van der Waals surface area contributed by atoms with Gasteiger partial charge in [0.1, 0.15) is 0 Å². The third-order valence-corrected chi connectivity index (χ3v) is 6.96. The zero-order chi connectivity index (χ0) is 20.1. The number of carbonyl (C=O) groups excluding carboxylic acids is 1. The van der Waals surface area contributed by atoms with E-state index in [2.05, 4.69) is 19.2 Å². The van der Waals surface area contributed by atoms with Crippen LogP contribution in [0.1, 0.15) is 43.5 Å². The molecule has 0 unspecified atom stereocenters. The van der Waals surface area contributed by atoms with E-state index in [1.54, 1.807) is 28.6 Å². The van der Waals surface area contributed by atoms with Gasteiger partial charge in [0.2, 0.25) is 10.0 Å². The number of sulfonamides is 1. The largest absolute Gasteiger partial charge is 0.352 e. The van der Waals surface area contributed by atoms with E-state index in [-0.39, 0.29) is 5.91 Å². The molecule has 1 aliphatic rings.